The largest absolute Gasteiger partial charge is 0.378 e. The number of hydrogen-bond donors (Lipinski definition) is 0. The van der Waals surface area contributed by atoms with E-state index in [2.05, 4.69) is 16.2 Å². The Morgan fingerprint density at radius 2 is 2.05 bits per heavy atom. The number of allylic oxidation sites excluding steroid dienone is 1. The molecule has 4 heteroatoms. The molecule has 1 aliphatic rings. The molecule has 1 fully saturated rings. The Hall–Kier alpha value is -0.530. The van der Waals surface area contributed by atoms with Gasteiger partial charge in [0.05, 0.1) is 6.10 Å². The average Bonchev–Trinajstić information content (AvgIpc) is 2.43. The van der Waals surface area contributed by atoms with Crippen LogP contribution in [0.15, 0.2) is 11.9 Å². The van der Waals surface area contributed by atoms with Crippen molar-refractivity contribution in [1.29, 1.82) is 0 Å². The molecule has 0 aromatic heterocycles. The van der Waals surface area contributed by atoms with Gasteiger partial charge in [-0.1, -0.05) is 18.8 Å². The molecule has 0 bridgehead atoms. The number of Topliss-reactive ketones (excluding diaryl/α,β-unsaturated/α-hetero) is 1. The highest BCUT2D eigenvalue weighted by Crippen LogP contribution is 2.25. The van der Waals surface area contributed by atoms with Crippen molar-refractivity contribution in [2.24, 2.45) is 11.8 Å². The summed E-state index contributed by atoms with van der Waals surface area (Å²) in [6, 6.07) is 0. The quantitative estimate of drug-likeness (QED) is 0.508. The second-order valence-corrected chi connectivity index (χ2v) is 5.87. The summed E-state index contributed by atoms with van der Waals surface area (Å²) in [7, 11) is 2.47. The predicted octanol–water partition coefficient (Wildman–Crippen LogP) is 3.13. The summed E-state index contributed by atoms with van der Waals surface area (Å²) in [6.45, 7) is 2.70. The number of carbonyl (C=O) groups excluding carboxylic acids is 2. The van der Waals surface area contributed by atoms with E-state index in [0.717, 1.165) is 32.0 Å². The third kappa shape index (κ3) is 6.98. The normalized spacial score (nSPS) is 25.4. The Bertz CT molecular complexity index is 307. The molecular formula is C15H25O3P. The zero-order valence-corrected chi connectivity index (χ0v) is 12.9. The minimum atomic E-state index is 0.234. The molecule has 3 nitrogen and oxygen atoms in total. The molecule has 0 aromatic rings. The monoisotopic (exact) mass is 284 g/mol. The SMILES string of the molecule is CC(COC1CCC(C=O)CC1)CC(=O)C/C=C\P. The zero-order chi connectivity index (χ0) is 14.1. The first-order valence-corrected chi connectivity index (χ1v) is 7.77. The first-order valence-electron chi connectivity index (χ1n) is 7.11. The first kappa shape index (κ1) is 16.5. The zero-order valence-electron chi connectivity index (χ0n) is 11.7. The molecule has 0 amide bonds. The summed E-state index contributed by atoms with van der Waals surface area (Å²) >= 11 is 0. The molecule has 2 unspecified atom stereocenters. The summed E-state index contributed by atoms with van der Waals surface area (Å²) in [6.07, 6.45) is 8.14. The van der Waals surface area contributed by atoms with Crippen molar-refractivity contribution >= 4 is 21.3 Å². The highest BCUT2D eigenvalue weighted by Gasteiger charge is 2.21. The lowest BCUT2D eigenvalue weighted by atomic mass is 9.88. The van der Waals surface area contributed by atoms with Gasteiger partial charge in [-0.2, -0.15) is 0 Å². The summed E-state index contributed by atoms with van der Waals surface area (Å²) in [5.41, 5.74) is 0. The van der Waals surface area contributed by atoms with Crippen molar-refractivity contribution in [2.75, 3.05) is 6.61 Å². The van der Waals surface area contributed by atoms with E-state index in [4.69, 9.17) is 4.74 Å². The van der Waals surface area contributed by atoms with Crippen LogP contribution in [0.1, 0.15) is 45.4 Å². The second-order valence-electron chi connectivity index (χ2n) is 5.49. The number of aldehydes is 1. The van der Waals surface area contributed by atoms with Gasteiger partial charge in [-0.3, -0.25) is 4.79 Å². The van der Waals surface area contributed by atoms with Gasteiger partial charge in [0.1, 0.15) is 12.1 Å². The average molecular weight is 284 g/mol. The molecule has 0 N–H and O–H groups in total. The molecule has 1 rings (SSSR count). The highest BCUT2D eigenvalue weighted by atomic mass is 31.0. The van der Waals surface area contributed by atoms with Crippen molar-refractivity contribution in [3.8, 4) is 0 Å². The standard InChI is InChI=1S/C15H25O3P/c1-12(9-14(17)3-2-8-19)11-18-15-6-4-13(10-16)5-7-15/h2,8,10,12-13,15H,3-7,9,11,19H2,1H3/b8-2-. The fourth-order valence-electron chi connectivity index (χ4n) is 2.42. The van der Waals surface area contributed by atoms with Crippen molar-refractivity contribution in [3.63, 3.8) is 0 Å². The molecule has 108 valence electrons. The van der Waals surface area contributed by atoms with E-state index in [-0.39, 0.29) is 23.7 Å². The van der Waals surface area contributed by atoms with Crippen LogP contribution in [0.5, 0.6) is 0 Å². The maximum absolute atomic E-state index is 11.6. The molecule has 0 heterocycles. The van der Waals surface area contributed by atoms with Gasteiger partial charge in [0.2, 0.25) is 0 Å². The molecule has 2 atom stereocenters. The minimum Gasteiger partial charge on any atom is -0.378 e. The minimum absolute atomic E-state index is 0.234. The van der Waals surface area contributed by atoms with E-state index in [1.165, 1.54) is 0 Å². The van der Waals surface area contributed by atoms with Crippen LogP contribution in [-0.2, 0) is 14.3 Å². The van der Waals surface area contributed by atoms with Gasteiger partial charge >= 0.3 is 0 Å². The number of ketones is 1. The van der Waals surface area contributed by atoms with Crippen LogP contribution in [0.3, 0.4) is 0 Å². The predicted molar refractivity (Wildman–Crippen MR) is 80.0 cm³/mol. The Morgan fingerprint density at radius 3 is 2.63 bits per heavy atom. The third-order valence-corrected chi connectivity index (χ3v) is 3.86. The number of hydrogen-bond acceptors (Lipinski definition) is 3. The molecule has 0 saturated heterocycles. The van der Waals surface area contributed by atoms with E-state index < -0.39 is 0 Å². The van der Waals surface area contributed by atoms with Gasteiger partial charge in [0.25, 0.3) is 0 Å². The van der Waals surface area contributed by atoms with Crippen molar-refractivity contribution < 1.29 is 14.3 Å². The van der Waals surface area contributed by atoms with Crippen LogP contribution in [0.2, 0.25) is 0 Å². The molecule has 1 aliphatic carbocycles. The molecule has 1 saturated carbocycles. The van der Waals surface area contributed by atoms with Crippen molar-refractivity contribution in [1.82, 2.24) is 0 Å². The molecule has 0 aromatic carbocycles. The number of ether oxygens (including phenoxy) is 1. The molecule has 0 aliphatic heterocycles. The van der Waals surface area contributed by atoms with Gasteiger partial charge in [-0.05, 0) is 31.6 Å². The van der Waals surface area contributed by atoms with E-state index in [0.29, 0.717) is 19.4 Å². The Kier molecular flexibility index (Phi) is 8.16. The maximum atomic E-state index is 11.6. The number of rotatable bonds is 8. The smallest absolute Gasteiger partial charge is 0.137 e. The van der Waals surface area contributed by atoms with Crippen LogP contribution < -0.4 is 0 Å². The fourth-order valence-corrected chi connectivity index (χ4v) is 2.56. The van der Waals surface area contributed by atoms with E-state index in [9.17, 15) is 9.59 Å². The van der Waals surface area contributed by atoms with Crippen molar-refractivity contribution in [2.45, 2.75) is 51.6 Å². The van der Waals surface area contributed by atoms with E-state index in [1.54, 1.807) is 0 Å². The van der Waals surface area contributed by atoms with Crippen LogP contribution in [0.4, 0.5) is 0 Å². The summed E-state index contributed by atoms with van der Waals surface area (Å²) in [5, 5.41) is 0. The Labute approximate surface area is 118 Å². The van der Waals surface area contributed by atoms with Gasteiger partial charge < -0.3 is 9.53 Å². The lowest BCUT2D eigenvalue weighted by Gasteiger charge is -2.26. The van der Waals surface area contributed by atoms with E-state index >= 15 is 0 Å². The van der Waals surface area contributed by atoms with Gasteiger partial charge in [0.15, 0.2) is 0 Å². The summed E-state index contributed by atoms with van der Waals surface area (Å²) < 4.78 is 5.85. The summed E-state index contributed by atoms with van der Waals surface area (Å²) in [5.74, 6) is 2.59. The van der Waals surface area contributed by atoms with Gasteiger partial charge in [0, 0.05) is 25.4 Å². The molecular weight excluding hydrogens is 259 g/mol. The molecule has 0 spiro atoms. The molecule has 0 radical (unpaired) electrons. The lowest BCUT2D eigenvalue weighted by Crippen LogP contribution is -2.24. The maximum Gasteiger partial charge on any atom is 0.137 e. The van der Waals surface area contributed by atoms with Crippen LogP contribution in [0.25, 0.3) is 0 Å². The summed E-state index contributed by atoms with van der Waals surface area (Å²) in [4.78, 5) is 22.2. The topological polar surface area (TPSA) is 43.4 Å². The van der Waals surface area contributed by atoms with Gasteiger partial charge in [-0.25, -0.2) is 0 Å². The third-order valence-electron chi connectivity index (χ3n) is 3.59. The Balaban J connectivity index is 2.14. The van der Waals surface area contributed by atoms with Crippen LogP contribution >= 0.6 is 9.24 Å². The fraction of sp³-hybridized carbons (Fsp3) is 0.733. The van der Waals surface area contributed by atoms with Crippen LogP contribution in [-0.4, -0.2) is 24.8 Å². The van der Waals surface area contributed by atoms with Gasteiger partial charge in [-0.15, -0.1) is 9.24 Å². The lowest BCUT2D eigenvalue weighted by molar-refractivity contribution is -0.120. The Morgan fingerprint density at radius 1 is 1.37 bits per heavy atom. The first-order chi connectivity index (χ1) is 9.15. The van der Waals surface area contributed by atoms with Crippen molar-refractivity contribution in [3.05, 3.63) is 11.9 Å². The highest BCUT2D eigenvalue weighted by molar-refractivity contribution is 7.20. The van der Waals surface area contributed by atoms with Crippen LogP contribution in [0, 0.1) is 11.8 Å². The van der Waals surface area contributed by atoms with E-state index in [1.807, 2.05) is 11.9 Å². The number of carbonyl (C=O) groups is 2. The second kappa shape index (κ2) is 9.39. The molecule has 19 heavy (non-hydrogen) atoms.